The van der Waals surface area contributed by atoms with Gasteiger partial charge in [-0.3, -0.25) is 4.79 Å². The summed E-state index contributed by atoms with van der Waals surface area (Å²) in [6, 6.07) is 8.91. The number of hydrogen-bond acceptors (Lipinski definition) is 4. The lowest BCUT2D eigenvalue weighted by molar-refractivity contribution is 0.103. The van der Waals surface area contributed by atoms with E-state index < -0.39 is 0 Å². The Bertz CT molecular complexity index is 669. The van der Waals surface area contributed by atoms with Crippen LogP contribution in [0.4, 0.5) is 5.69 Å². The molecule has 0 saturated heterocycles. The van der Waals surface area contributed by atoms with Crippen molar-refractivity contribution in [3.8, 4) is 17.6 Å². The van der Waals surface area contributed by atoms with E-state index in [0.29, 0.717) is 22.7 Å². The summed E-state index contributed by atoms with van der Waals surface area (Å²) < 4.78 is 5.24. The van der Waals surface area contributed by atoms with Gasteiger partial charge < -0.3 is 15.2 Å². The van der Waals surface area contributed by atoms with Gasteiger partial charge in [0.15, 0.2) is 0 Å². The first kappa shape index (κ1) is 15.1. The maximum Gasteiger partial charge on any atom is 0.265 e. The highest BCUT2D eigenvalue weighted by Gasteiger charge is 2.10. The molecule has 0 spiro atoms. The molecule has 0 saturated carbocycles. The molecule has 108 valence electrons. The highest BCUT2D eigenvalue weighted by atomic mass is 32.1. The van der Waals surface area contributed by atoms with Gasteiger partial charge in [0.1, 0.15) is 5.75 Å². The van der Waals surface area contributed by atoms with Gasteiger partial charge in [-0.25, -0.2) is 0 Å². The Labute approximate surface area is 127 Å². The van der Waals surface area contributed by atoms with Gasteiger partial charge in [-0.2, -0.15) is 0 Å². The monoisotopic (exact) mass is 301 g/mol. The van der Waals surface area contributed by atoms with Crippen molar-refractivity contribution in [2.24, 2.45) is 0 Å². The lowest BCUT2D eigenvalue weighted by atomic mass is 10.2. The third-order valence-corrected chi connectivity index (χ3v) is 3.53. The molecule has 1 heterocycles. The summed E-state index contributed by atoms with van der Waals surface area (Å²) >= 11 is 1.38. The highest BCUT2D eigenvalue weighted by molar-refractivity contribution is 7.12. The average molecular weight is 301 g/mol. The number of aliphatic hydroxyl groups is 1. The Kier molecular flexibility index (Phi) is 5.38. The summed E-state index contributed by atoms with van der Waals surface area (Å²) in [4.78, 5) is 12.7. The Morgan fingerprint density at radius 1 is 1.43 bits per heavy atom. The van der Waals surface area contributed by atoms with Crippen molar-refractivity contribution in [3.05, 3.63) is 46.2 Å². The molecule has 1 aromatic heterocycles. The Morgan fingerprint density at radius 3 is 2.95 bits per heavy atom. The molecule has 1 aromatic carbocycles. The second kappa shape index (κ2) is 7.48. The molecule has 4 nitrogen and oxygen atoms in total. The molecule has 2 N–H and O–H groups in total. The van der Waals surface area contributed by atoms with Crippen LogP contribution >= 0.6 is 11.3 Å². The minimum Gasteiger partial charge on any atom is -0.495 e. The van der Waals surface area contributed by atoms with Crippen LogP contribution in [-0.2, 0) is 0 Å². The molecule has 0 fully saturated rings. The maximum atomic E-state index is 12.1. The molecule has 21 heavy (non-hydrogen) atoms. The van der Waals surface area contributed by atoms with Gasteiger partial charge in [0.05, 0.1) is 24.3 Å². The number of amides is 1. The van der Waals surface area contributed by atoms with E-state index in [1.165, 1.54) is 11.3 Å². The molecule has 0 aliphatic heterocycles. The van der Waals surface area contributed by atoms with Crippen LogP contribution in [0, 0.1) is 11.8 Å². The standard InChI is InChI=1S/C16H15NO3S/c1-20-14-8-7-12(5-2-3-9-18)11-13(14)17-16(19)15-6-4-10-21-15/h4,6-8,10-11,18H,3,9H2,1H3,(H,17,19). The van der Waals surface area contributed by atoms with Crippen molar-refractivity contribution in [3.63, 3.8) is 0 Å². The number of anilines is 1. The number of carbonyl (C=O) groups excluding carboxylic acids is 1. The van der Waals surface area contributed by atoms with Crippen LogP contribution < -0.4 is 10.1 Å². The van der Waals surface area contributed by atoms with Gasteiger partial charge >= 0.3 is 0 Å². The number of benzene rings is 1. The van der Waals surface area contributed by atoms with E-state index in [4.69, 9.17) is 9.84 Å². The lowest BCUT2D eigenvalue weighted by Gasteiger charge is -2.10. The van der Waals surface area contributed by atoms with Crippen LogP contribution in [0.3, 0.4) is 0 Å². The second-order valence-electron chi connectivity index (χ2n) is 4.12. The third kappa shape index (κ3) is 4.09. The molecule has 2 aromatic rings. The number of nitrogens with one attached hydrogen (secondary N) is 1. The molecule has 1 amide bonds. The number of aliphatic hydroxyl groups excluding tert-OH is 1. The first-order valence-corrected chi connectivity index (χ1v) is 7.25. The summed E-state index contributed by atoms with van der Waals surface area (Å²) in [6.45, 7) is 0.0329. The van der Waals surface area contributed by atoms with Crippen LogP contribution in [0.15, 0.2) is 35.7 Å². The summed E-state index contributed by atoms with van der Waals surface area (Å²) in [7, 11) is 1.55. The normalized spacial score (nSPS) is 9.62. The minimum atomic E-state index is -0.177. The van der Waals surface area contributed by atoms with E-state index in [2.05, 4.69) is 17.2 Å². The summed E-state index contributed by atoms with van der Waals surface area (Å²) in [5.74, 6) is 6.18. The van der Waals surface area contributed by atoms with E-state index in [9.17, 15) is 4.79 Å². The largest absolute Gasteiger partial charge is 0.495 e. The van der Waals surface area contributed by atoms with Crippen molar-refractivity contribution in [1.82, 2.24) is 0 Å². The molecule has 0 unspecified atom stereocenters. The van der Waals surface area contributed by atoms with Gasteiger partial charge in [-0.1, -0.05) is 17.9 Å². The van der Waals surface area contributed by atoms with Gasteiger partial charge in [0, 0.05) is 12.0 Å². The number of methoxy groups -OCH3 is 1. The van der Waals surface area contributed by atoms with E-state index in [0.717, 1.165) is 5.56 Å². The van der Waals surface area contributed by atoms with Crippen molar-refractivity contribution in [2.75, 3.05) is 19.0 Å². The maximum absolute atomic E-state index is 12.1. The fourth-order valence-electron chi connectivity index (χ4n) is 1.70. The van der Waals surface area contributed by atoms with Gasteiger partial charge in [-0.15, -0.1) is 11.3 Å². The molecule has 5 heteroatoms. The minimum absolute atomic E-state index is 0.0329. The summed E-state index contributed by atoms with van der Waals surface area (Å²) in [5, 5.41) is 13.4. The summed E-state index contributed by atoms with van der Waals surface area (Å²) in [5.41, 5.74) is 1.33. The van der Waals surface area contributed by atoms with Gasteiger partial charge in [0.2, 0.25) is 0 Å². The zero-order valence-electron chi connectivity index (χ0n) is 11.6. The van der Waals surface area contributed by atoms with Crippen LogP contribution in [0.5, 0.6) is 5.75 Å². The SMILES string of the molecule is COc1ccc(C#CCCO)cc1NC(=O)c1cccs1. The smallest absolute Gasteiger partial charge is 0.265 e. The highest BCUT2D eigenvalue weighted by Crippen LogP contribution is 2.26. The second-order valence-corrected chi connectivity index (χ2v) is 5.07. The van der Waals surface area contributed by atoms with Crippen molar-refractivity contribution >= 4 is 22.9 Å². The molecule has 0 bridgehead atoms. The number of ether oxygens (including phenoxy) is 1. The average Bonchev–Trinajstić information content (AvgIpc) is 3.02. The van der Waals surface area contributed by atoms with Crippen molar-refractivity contribution in [1.29, 1.82) is 0 Å². The zero-order chi connectivity index (χ0) is 15.1. The molecule has 2 rings (SSSR count). The predicted octanol–water partition coefficient (Wildman–Crippen LogP) is 2.74. The molecular weight excluding hydrogens is 286 g/mol. The Morgan fingerprint density at radius 2 is 2.29 bits per heavy atom. The number of thiophene rings is 1. The van der Waals surface area contributed by atoms with E-state index in [1.54, 1.807) is 25.3 Å². The fraction of sp³-hybridized carbons (Fsp3) is 0.188. The van der Waals surface area contributed by atoms with Crippen LogP contribution in [0.1, 0.15) is 21.7 Å². The van der Waals surface area contributed by atoms with Crippen LogP contribution in [0.25, 0.3) is 0 Å². The van der Waals surface area contributed by atoms with E-state index in [-0.39, 0.29) is 12.5 Å². The van der Waals surface area contributed by atoms with Crippen molar-refractivity contribution < 1.29 is 14.6 Å². The Balaban J connectivity index is 2.22. The van der Waals surface area contributed by atoms with E-state index >= 15 is 0 Å². The van der Waals surface area contributed by atoms with Gasteiger partial charge in [-0.05, 0) is 29.6 Å². The lowest BCUT2D eigenvalue weighted by Crippen LogP contribution is -2.11. The number of carbonyl (C=O) groups is 1. The molecule has 0 aliphatic carbocycles. The Hall–Kier alpha value is -2.29. The molecule has 0 aliphatic rings. The zero-order valence-corrected chi connectivity index (χ0v) is 12.4. The van der Waals surface area contributed by atoms with Crippen LogP contribution in [-0.4, -0.2) is 24.7 Å². The molecular formula is C16H15NO3S. The summed E-state index contributed by atoms with van der Waals surface area (Å²) in [6.07, 6.45) is 0.420. The van der Waals surface area contributed by atoms with Crippen molar-refractivity contribution in [2.45, 2.75) is 6.42 Å². The fourth-order valence-corrected chi connectivity index (χ4v) is 2.31. The van der Waals surface area contributed by atoms with E-state index in [1.807, 2.05) is 17.5 Å². The third-order valence-electron chi connectivity index (χ3n) is 2.66. The first-order chi connectivity index (χ1) is 10.2. The topological polar surface area (TPSA) is 58.6 Å². The number of hydrogen-bond donors (Lipinski definition) is 2. The molecule has 0 atom stereocenters. The predicted molar refractivity (Wildman–Crippen MR) is 83.8 cm³/mol. The number of rotatable bonds is 4. The molecule has 0 radical (unpaired) electrons. The quantitative estimate of drug-likeness (QED) is 0.854. The van der Waals surface area contributed by atoms with Crippen LogP contribution in [0.2, 0.25) is 0 Å². The van der Waals surface area contributed by atoms with Gasteiger partial charge in [0.25, 0.3) is 5.91 Å². The first-order valence-electron chi connectivity index (χ1n) is 6.37.